The molecule has 0 aromatic heterocycles. The highest BCUT2D eigenvalue weighted by Gasteiger charge is 2.32. The van der Waals surface area contributed by atoms with Gasteiger partial charge in [-0.05, 0) is 49.2 Å². The van der Waals surface area contributed by atoms with Crippen molar-refractivity contribution in [3.05, 3.63) is 59.7 Å². The first-order valence-corrected chi connectivity index (χ1v) is 12.3. The van der Waals surface area contributed by atoms with Crippen LogP contribution < -0.4 is 14.8 Å². The van der Waals surface area contributed by atoms with Crippen molar-refractivity contribution in [2.45, 2.75) is 36.1 Å². The van der Waals surface area contributed by atoms with E-state index < -0.39 is 16.8 Å². The van der Waals surface area contributed by atoms with Crippen molar-refractivity contribution >= 4 is 35.4 Å². The highest BCUT2D eigenvalue weighted by Crippen LogP contribution is 2.29. The normalized spacial score (nSPS) is 12.0. The molecule has 0 heterocycles. The van der Waals surface area contributed by atoms with E-state index in [1.54, 1.807) is 26.0 Å². The van der Waals surface area contributed by atoms with Crippen LogP contribution in [0.3, 0.4) is 0 Å². The van der Waals surface area contributed by atoms with E-state index >= 15 is 0 Å². The van der Waals surface area contributed by atoms with Gasteiger partial charge in [0.05, 0.1) is 26.1 Å². The van der Waals surface area contributed by atoms with Gasteiger partial charge in [-0.2, -0.15) is 11.8 Å². The number of nitrogens with one attached hydrogen (secondary N) is 1. The summed E-state index contributed by atoms with van der Waals surface area (Å²) in [5.74, 6) is 2.75. The topological polar surface area (TPSA) is 73.9 Å². The zero-order chi connectivity index (χ0) is 23.6. The number of methoxy groups -OCH3 is 3. The smallest absolute Gasteiger partial charge is 0.329 e. The van der Waals surface area contributed by atoms with E-state index in [1.807, 2.05) is 62.4 Å². The quantitative estimate of drug-likeness (QED) is 0.457. The molecule has 0 bridgehead atoms. The molecule has 2 aromatic rings. The fraction of sp³-hybridized carbons (Fsp3) is 0.417. The average Bonchev–Trinajstić information content (AvgIpc) is 2.82. The maximum Gasteiger partial charge on any atom is 0.329 e. The maximum absolute atomic E-state index is 12.9. The molecule has 0 radical (unpaired) electrons. The van der Waals surface area contributed by atoms with E-state index in [0.29, 0.717) is 17.3 Å². The van der Waals surface area contributed by atoms with Gasteiger partial charge in [-0.15, -0.1) is 11.8 Å². The number of hydrogen-bond donors (Lipinski definition) is 1. The first kappa shape index (κ1) is 25.9. The molecule has 0 unspecified atom stereocenters. The molecule has 0 saturated heterocycles. The summed E-state index contributed by atoms with van der Waals surface area (Å²) in [6.45, 7) is 3.71. The lowest BCUT2D eigenvalue weighted by molar-refractivity contribution is -0.144. The van der Waals surface area contributed by atoms with Crippen LogP contribution in [0, 0.1) is 0 Å². The molecule has 0 aliphatic heterocycles. The average molecular weight is 478 g/mol. The number of esters is 1. The van der Waals surface area contributed by atoms with Crippen molar-refractivity contribution < 1.29 is 23.8 Å². The van der Waals surface area contributed by atoms with Crippen molar-refractivity contribution in [1.29, 1.82) is 0 Å². The number of benzene rings is 2. The summed E-state index contributed by atoms with van der Waals surface area (Å²) >= 11 is 3.08. The Hall–Kier alpha value is -2.32. The van der Waals surface area contributed by atoms with Crippen LogP contribution >= 0.6 is 23.5 Å². The number of carbonyl (C=O) groups is 2. The zero-order valence-corrected chi connectivity index (χ0v) is 20.8. The van der Waals surface area contributed by atoms with Crippen LogP contribution in [0.4, 0.5) is 0 Å². The van der Waals surface area contributed by atoms with E-state index in [2.05, 4.69) is 5.32 Å². The Morgan fingerprint density at radius 1 is 0.875 bits per heavy atom. The second-order valence-electron chi connectivity index (χ2n) is 7.56. The Kier molecular flexibility index (Phi) is 10.3. The molecule has 1 N–H and O–H groups in total. The Balaban J connectivity index is 1.90. The molecule has 0 saturated carbocycles. The van der Waals surface area contributed by atoms with Gasteiger partial charge in [0.15, 0.2) is 0 Å². The van der Waals surface area contributed by atoms with E-state index in [9.17, 15) is 9.59 Å². The van der Waals surface area contributed by atoms with Gasteiger partial charge in [-0.1, -0.05) is 24.3 Å². The van der Waals surface area contributed by atoms with Crippen molar-refractivity contribution in [3.63, 3.8) is 0 Å². The summed E-state index contributed by atoms with van der Waals surface area (Å²) in [7, 11) is 4.59. The van der Waals surface area contributed by atoms with Crippen LogP contribution in [0.5, 0.6) is 11.5 Å². The molecule has 0 spiro atoms. The van der Waals surface area contributed by atoms with E-state index in [4.69, 9.17) is 14.2 Å². The number of ether oxygens (including phenoxy) is 3. The van der Waals surface area contributed by atoms with Crippen LogP contribution in [-0.4, -0.2) is 49.7 Å². The lowest BCUT2D eigenvalue weighted by Gasteiger charge is -2.26. The van der Waals surface area contributed by atoms with Crippen molar-refractivity contribution in [1.82, 2.24) is 5.32 Å². The largest absolute Gasteiger partial charge is 0.497 e. The Morgan fingerprint density at radius 2 is 1.38 bits per heavy atom. The summed E-state index contributed by atoms with van der Waals surface area (Å²) in [5, 5.41) is 2.87. The SMILES string of the molecule is COC(=O)[C@H](CSCc1ccc(OC)cc1)NC(=O)C(C)(C)SCc1ccc(OC)cc1. The van der Waals surface area contributed by atoms with E-state index in [1.165, 1.54) is 18.9 Å². The number of thioether (sulfide) groups is 2. The Morgan fingerprint density at radius 3 is 1.84 bits per heavy atom. The first-order valence-electron chi connectivity index (χ1n) is 10.2. The molecule has 1 atom stereocenters. The molecular weight excluding hydrogens is 446 g/mol. The summed E-state index contributed by atoms with van der Waals surface area (Å²) in [5.41, 5.74) is 2.21. The minimum Gasteiger partial charge on any atom is -0.497 e. The van der Waals surface area contributed by atoms with Crippen LogP contribution in [-0.2, 0) is 25.8 Å². The molecule has 8 heteroatoms. The van der Waals surface area contributed by atoms with Gasteiger partial charge in [-0.25, -0.2) is 4.79 Å². The van der Waals surface area contributed by atoms with Crippen molar-refractivity contribution in [2.24, 2.45) is 0 Å². The summed E-state index contributed by atoms with van der Waals surface area (Å²) in [6.07, 6.45) is 0. The molecule has 6 nitrogen and oxygen atoms in total. The fourth-order valence-corrected chi connectivity index (χ4v) is 4.62. The van der Waals surface area contributed by atoms with Gasteiger partial charge in [0, 0.05) is 17.3 Å². The second kappa shape index (κ2) is 12.6. The molecule has 0 aliphatic rings. The highest BCUT2D eigenvalue weighted by molar-refractivity contribution is 8.00. The van der Waals surface area contributed by atoms with Crippen LogP contribution in [0.15, 0.2) is 48.5 Å². The Bertz CT molecular complexity index is 869. The minimum absolute atomic E-state index is 0.198. The second-order valence-corrected chi connectivity index (χ2v) is 10.2. The predicted molar refractivity (Wildman–Crippen MR) is 131 cm³/mol. The summed E-state index contributed by atoms with van der Waals surface area (Å²) < 4.78 is 14.5. The lowest BCUT2D eigenvalue weighted by Crippen LogP contribution is -2.49. The lowest BCUT2D eigenvalue weighted by atomic mass is 10.2. The number of amides is 1. The van der Waals surface area contributed by atoms with Gasteiger partial charge < -0.3 is 19.5 Å². The highest BCUT2D eigenvalue weighted by atomic mass is 32.2. The molecule has 2 rings (SSSR count). The van der Waals surface area contributed by atoms with Crippen LogP contribution in [0.25, 0.3) is 0 Å². The maximum atomic E-state index is 12.9. The number of carbonyl (C=O) groups excluding carboxylic acids is 2. The van der Waals surface area contributed by atoms with Gasteiger partial charge in [0.2, 0.25) is 5.91 Å². The van der Waals surface area contributed by atoms with Gasteiger partial charge in [0.1, 0.15) is 17.5 Å². The summed E-state index contributed by atoms with van der Waals surface area (Å²) in [6, 6.07) is 14.8. The molecule has 2 aromatic carbocycles. The molecule has 174 valence electrons. The van der Waals surface area contributed by atoms with Crippen molar-refractivity contribution in [3.8, 4) is 11.5 Å². The number of rotatable bonds is 12. The fourth-order valence-electron chi connectivity index (χ4n) is 2.71. The summed E-state index contributed by atoms with van der Waals surface area (Å²) in [4.78, 5) is 25.2. The van der Waals surface area contributed by atoms with Gasteiger partial charge >= 0.3 is 5.97 Å². The van der Waals surface area contributed by atoms with Crippen molar-refractivity contribution in [2.75, 3.05) is 27.1 Å². The zero-order valence-electron chi connectivity index (χ0n) is 19.2. The monoisotopic (exact) mass is 477 g/mol. The molecule has 0 fully saturated rings. The third-order valence-corrected chi connectivity index (χ3v) is 7.30. The minimum atomic E-state index is -0.715. The van der Waals surface area contributed by atoms with Crippen LogP contribution in [0.2, 0.25) is 0 Å². The molecular formula is C24H31NO5S2. The third-order valence-electron chi connectivity index (χ3n) is 4.81. The van der Waals surface area contributed by atoms with Crippen LogP contribution in [0.1, 0.15) is 25.0 Å². The molecule has 32 heavy (non-hydrogen) atoms. The Labute approximate surface area is 198 Å². The molecule has 0 aliphatic carbocycles. The predicted octanol–water partition coefficient (Wildman–Crippen LogP) is 4.31. The number of hydrogen-bond acceptors (Lipinski definition) is 7. The molecule has 1 amide bonds. The van der Waals surface area contributed by atoms with E-state index in [0.717, 1.165) is 22.6 Å². The third kappa shape index (κ3) is 7.98. The van der Waals surface area contributed by atoms with Gasteiger partial charge in [0.25, 0.3) is 0 Å². The van der Waals surface area contributed by atoms with Gasteiger partial charge in [-0.3, -0.25) is 4.79 Å². The standard InChI is InChI=1S/C24H31NO5S2/c1-24(2,32-15-18-8-12-20(29-4)13-9-18)23(27)25-21(22(26)30-5)16-31-14-17-6-10-19(28-3)11-7-17/h6-13,21H,14-16H2,1-5H3,(H,25,27)/t21-/m0/s1. The first-order chi connectivity index (χ1) is 15.3. The van der Waals surface area contributed by atoms with E-state index in [-0.39, 0.29) is 5.91 Å².